The summed E-state index contributed by atoms with van der Waals surface area (Å²) in [7, 11) is 0. The quantitative estimate of drug-likeness (QED) is 0.0261. The van der Waals surface area contributed by atoms with Gasteiger partial charge in [0.05, 0.1) is 6.42 Å². The third kappa shape index (κ3) is 60.5. The smallest absolute Gasteiger partial charge is 0.310 e. The van der Waals surface area contributed by atoms with Gasteiger partial charge in [-0.05, 0) is 141 Å². The number of unbranched alkanes of at least 4 members (excludes halogenated alkanes) is 3. The van der Waals surface area contributed by atoms with E-state index in [1.165, 1.54) is 0 Å². The molecule has 0 aliphatic heterocycles. The molecule has 77 heavy (non-hydrogen) atoms. The average Bonchev–Trinajstić information content (AvgIpc) is 3.43. The molecule has 0 aromatic heterocycles. The Balaban J connectivity index is 4.54. The Labute approximate surface area is 470 Å². The molecule has 0 aromatic rings. The molecule has 0 saturated carbocycles. The Morgan fingerprint density at radius 3 is 0.844 bits per heavy atom. The fourth-order valence-corrected chi connectivity index (χ4v) is 6.76. The number of hydrogen-bond donors (Lipinski definition) is 0. The molecule has 0 aliphatic carbocycles. The first-order chi connectivity index (χ1) is 38.0. The Morgan fingerprint density at radius 1 is 0.273 bits per heavy atom. The summed E-state index contributed by atoms with van der Waals surface area (Å²) in [5.74, 6) is -1.23. The molecular formula is C71H102O6. The lowest BCUT2D eigenvalue weighted by atomic mass is 10.1. The molecule has 0 aromatic carbocycles. The zero-order valence-corrected chi connectivity index (χ0v) is 48.1. The van der Waals surface area contributed by atoms with E-state index in [4.69, 9.17) is 14.2 Å². The normalized spacial score (nSPS) is 13.8. The molecule has 0 bridgehead atoms. The number of esters is 3. The third-order valence-electron chi connectivity index (χ3n) is 11.0. The van der Waals surface area contributed by atoms with Crippen molar-refractivity contribution in [2.24, 2.45) is 0 Å². The topological polar surface area (TPSA) is 78.9 Å². The van der Waals surface area contributed by atoms with Gasteiger partial charge >= 0.3 is 17.9 Å². The lowest BCUT2D eigenvalue weighted by Crippen LogP contribution is -2.30. The largest absolute Gasteiger partial charge is 0.462 e. The SMILES string of the molecule is CC/C=C\C/C=C\C/C=C\C/C=C\C/C=C\C/C=C\C/C=C\C/C=C\C/C=C\CCCCCC(=O)OCC(COC(=O)CC/C=C\C/C=C\C/C=C\C/C=C\CC)OC(=O)C/C=C\C/C=C\C/C=C\C/C=C\C/C=C\CC. The first-order valence-electron chi connectivity index (χ1n) is 29.2. The standard InChI is InChI=1S/C71H102O6/c1-4-7-10-13-16-19-22-25-27-28-29-30-31-32-33-34-35-36-37-38-39-40-41-42-44-46-49-52-55-58-61-64-70(73)76-67-68(66-75-69(72)63-60-57-54-51-48-45-24-21-18-15-12-9-6-3)77-71(74)65-62-59-56-53-50-47-43-26-23-20-17-14-11-8-5-2/h7-12,16-21,25-27,29-30,32-33,35-36,38-39,41-43,45-46,48-50,53-54,57,59,62,68H,4-6,13-15,22-24,28,31,34,37,40,44,47,51-52,55-56,58,60-61,63-67H2,1-3H3/b10-7-,11-8-,12-9-,19-16-,20-17-,21-18-,27-25-,30-29-,33-32-,36-35-,39-38-,42-41-,43-26-,48-45-,49-46-,53-50-,57-54-,62-59-. The highest BCUT2D eigenvalue weighted by Gasteiger charge is 2.19. The van der Waals surface area contributed by atoms with Gasteiger partial charge in [-0.1, -0.05) is 246 Å². The Bertz CT molecular complexity index is 1980. The molecule has 0 aliphatic rings. The number of rotatable bonds is 49. The lowest BCUT2D eigenvalue weighted by Gasteiger charge is -2.18. The highest BCUT2D eigenvalue weighted by molar-refractivity contribution is 5.72. The van der Waals surface area contributed by atoms with E-state index in [0.29, 0.717) is 19.3 Å². The number of carbonyl (C=O) groups is 3. The van der Waals surface area contributed by atoms with Gasteiger partial charge in [-0.25, -0.2) is 0 Å². The fraction of sp³-hybridized carbons (Fsp3) is 0.451. The molecule has 1 atom stereocenters. The molecule has 0 N–H and O–H groups in total. The molecule has 0 saturated heterocycles. The van der Waals surface area contributed by atoms with Crippen LogP contribution in [0.3, 0.4) is 0 Å². The molecule has 6 heteroatoms. The van der Waals surface area contributed by atoms with Gasteiger partial charge in [-0.3, -0.25) is 14.4 Å². The maximum absolute atomic E-state index is 12.8. The predicted octanol–water partition coefficient (Wildman–Crippen LogP) is 20.2. The van der Waals surface area contributed by atoms with E-state index in [2.05, 4.69) is 215 Å². The monoisotopic (exact) mass is 1050 g/mol. The van der Waals surface area contributed by atoms with Crippen molar-refractivity contribution >= 4 is 17.9 Å². The van der Waals surface area contributed by atoms with Crippen LogP contribution in [0.2, 0.25) is 0 Å². The summed E-state index contributed by atoms with van der Waals surface area (Å²) >= 11 is 0. The Morgan fingerprint density at radius 2 is 0.532 bits per heavy atom. The van der Waals surface area contributed by atoms with Crippen molar-refractivity contribution in [1.29, 1.82) is 0 Å². The molecule has 0 rings (SSSR count). The van der Waals surface area contributed by atoms with Gasteiger partial charge in [-0.2, -0.15) is 0 Å². The molecule has 0 fully saturated rings. The van der Waals surface area contributed by atoms with Crippen LogP contribution in [0.5, 0.6) is 0 Å². The first-order valence-corrected chi connectivity index (χ1v) is 29.2. The minimum absolute atomic E-state index is 0.0616. The summed E-state index contributed by atoms with van der Waals surface area (Å²) in [6, 6.07) is 0. The van der Waals surface area contributed by atoms with Crippen LogP contribution < -0.4 is 0 Å². The van der Waals surface area contributed by atoms with Gasteiger partial charge in [-0.15, -0.1) is 0 Å². The van der Waals surface area contributed by atoms with Gasteiger partial charge in [0.1, 0.15) is 13.2 Å². The fourth-order valence-electron chi connectivity index (χ4n) is 6.76. The number of allylic oxidation sites excluding steroid dienone is 35. The molecule has 422 valence electrons. The highest BCUT2D eigenvalue weighted by Crippen LogP contribution is 2.09. The van der Waals surface area contributed by atoms with Crippen molar-refractivity contribution in [2.45, 2.75) is 194 Å². The summed E-state index contributed by atoms with van der Waals surface area (Å²) in [6.07, 6.45) is 98.4. The van der Waals surface area contributed by atoms with Crippen molar-refractivity contribution in [3.63, 3.8) is 0 Å². The second kappa shape index (κ2) is 62.3. The molecule has 6 nitrogen and oxygen atoms in total. The van der Waals surface area contributed by atoms with Crippen LogP contribution in [0.4, 0.5) is 0 Å². The zero-order chi connectivity index (χ0) is 55.7. The van der Waals surface area contributed by atoms with Crippen LogP contribution in [0, 0.1) is 0 Å². The Kier molecular flexibility index (Phi) is 57.2. The van der Waals surface area contributed by atoms with Gasteiger partial charge in [0.15, 0.2) is 6.10 Å². The lowest BCUT2D eigenvalue weighted by molar-refractivity contribution is -0.166. The second-order valence-corrected chi connectivity index (χ2v) is 18.1. The highest BCUT2D eigenvalue weighted by atomic mass is 16.6. The van der Waals surface area contributed by atoms with Gasteiger partial charge in [0.25, 0.3) is 0 Å². The van der Waals surface area contributed by atoms with E-state index in [-0.39, 0.29) is 38.4 Å². The van der Waals surface area contributed by atoms with E-state index < -0.39 is 18.0 Å². The number of hydrogen-bond acceptors (Lipinski definition) is 6. The van der Waals surface area contributed by atoms with Crippen molar-refractivity contribution in [2.75, 3.05) is 13.2 Å². The molecule has 0 spiro atoms. The predicted molar refractivity (Wildman–Crippen MR) is 333 cm³/mol. The summed E-state index contributed by atoms with van der Waals surface area (Å²) in [6.45, 7) is 6.07. The van der Waals surface area contributed by atoms with Crippen LogP contribution in [0.15, 0.2) is 219 Å². The molecule has 0 amide bonds. The van der Waals surface area contributed by atoms with E-state index in [1.807, 2.05) is 18.2 Å². The van der Waals surface area contributed by atoms with Crippen LogP contribution in [-0.2, 0) is 28.6 Å². The summed E-state index contributed by atoms with van der Waals surface area (Å²) in [4.78, 5) is 38.0. The maximum Gasteiger partial charge on any atom is 0.310 e. The first kappa shape index (κ1) is 70.7. The van der Waals surface area contributed by atoms with Crippen molar-refractivity contribution in [3.8, 4) is 0 Å². The summed E-state index contributed by atoms with van der Waals surface area (Å²) in [5.41, 5.74) is 0. The number of carbonyl (C=O) groups excluding carboxylic acids is 3. The van der Waals surface area contributed by atoms with Crippen molar-refractivity contribution < 1.29 is 28.6 Å². The van der Waals surface area contributed by atoms with Crippen LogP contribution in [-0.4, -0.2) is 37.2 Å². The van der Waals surface area contributed by atoms with Crippen LogP contribution in [0.1, 0.15) is 188 Å². The zero-order valence-electron chi connectivity index (χ0n) is 48.1. The van der Waals surface area contributed by atoms with E-state index in [9.17, 15) is 14.4 Å². The minimum Gasteiger partial charge on any atom is -0.462 e. The van der Waals surface area contributed by atoms with E-state index in [1.54, 1.807) is 6.08 Å². The Hall–Kier alpha value is -6.27. The van der Waals surface area contributed by atoms with Crippen molar-refractivity contribution in [3.05, 3.63) is 219 Å². The van der Waals surface area contributed by atoms with Crippen LogP contribution in [0.25, 0.3) is 0 Å². The van der Waals surface area contributed by atoms with Gasteiger partial charge in [0.2, 0.25) is 0 Å². The maximum atomic E-state index is 12.8. The van der Waals surface area contributed by atoms with Crippen LogP contribution >= 0.6 is 0 Å². The molecule has 1 unspecified atom stereocenters. The van der Waals surface area contributed by atoms with E-state index >= 15 is 0 Å². The average molecular weight is 1050 g/mol. The summed E-state index contributed by atoms with van der Waals surface area (Å²) < 4.78 is 16.6. The molecular weight excluding hydrogens is 949 g/mol. The van der Waals surface area contributed by atoms with E-state index in [0.717, 1.165) is 128 Å². The molecule has 0 heterocycles. The minimum atomic E-state index is -0.890. The molecule has 0 radical (unpaired) electrons. The third-order valence-corrected chi connectivity index (χ3v) is 11.0. The second-order valence-electron chi connectivity index (χ2n) is 18.1. The summed E-state index contributed by atoms with van der Waals surface area (Å²) in [5, 5.41) is 0. The van der Waals surface area contributed by atoms with Gasteiger partial charge < -0.3 is 14.2 Å². The number of ether oxygens (including phenoxy) is 3. The van der Waals surface area contributed by atoms with Crippen molar-refractivity contribution in [1.82, 2.24) is 0 Å². The van der Waals surface area contributed by atoms with Gasteiger partial charge in [0, 0.05) is 12.8 Å².